The van der Waals surface area contributed by atoms with E-state index in [-0.39, 0.29) is 23.9 Å². The number of aromatic nitrogens is 2. The van der Waals surface area contributed by atoms with Gasteiger partial charge in [-0.05, 0) is 18.9 Å². The van der Waals surface area contributed by atoms with Gasteiger partial charge in [0.05, 0.1) is 12.2 Å². The summed E-state index contributed by atoms with van der Waals surface area (Å²) in [5.41, 5.74) is 0.817. The molecule has 0 aromatic carbocycles. The molecule has 1 fully saturated rings. The van der Waals surface area contributed by atoms with E-state index in [0.29, 0.717) is 19.4 Å². The first kappa shape index (κ1) is 15.5. The van der Waals surface area contributed by atoms with Crippen molar-refractivity contribution < 1.29 is 9.59 Å². The Bertz CT molecular complexity index is 512. The molecule has 1 aliphatic rings. The summed E-state index contributed by atoms with van der Waals surface area (Å²) < 4.78 is 1.71. The number of hydrogen-bond donors (Lipinski definition) is 1. The summed E-state index contributed by atoms with van der Waals surface area (Å²) in [5.74, 6) is -0.0219. The van der Waals surface area contributed by atoms with Crippen molar-refractivity contribution in [1.29, 1.82) is 0 Å². The summed E-state index contributed by atoms with van der Waals surface area (Å²) in [7, 11) is 1.84. The molecule has 0 radical (unpaired) electrons. The lowest BCUT2D eigenvalue weighted by Crippen LogP contribution is -2.62. The second-order valence-electron chi connectivity index (χ2n) is 5.60. The molecule has 1 saturated heterocycles. The van der Waals surface area contributed by atoms with Gasteiger partial charge in [0.25, 0.3) is 0 Å². The Labute approximate surface area is 125 Å². The fourth-order valence-corrected chi connectivity index (χ4v) is 2.78. The molecule has 2 rings (SSSR count). The van der Waals surface area contributed by atoms with Gasteiger partial charge in [0, 0.05) is 13.2 Å². The average Bonchev–Trinajstić information content (AvgIpc) is 2.85. The van der Waals surface area contributed by atoms with Crippen LogP contribution < -0.4 is 5.32 Å². The second kappa shape index (κ2) is 6.74. The molecule has 0 saturated carbocycles. The zero-order valence-electron chi connectivity index (χ0n) is 13.0. The smallest absolute Gasteiger partial charge is 0.246 e. The molecule has 0 spiro atoms. The summed E-state index contributed by atoms with van der Waals surface area (Å²) in [4.78, 5) is 26.6. The molecule has 1 N–H and O–H groups in total. The van der Waals surface area contributed by atoms with Gasteiger partial charge in [-0.15, -0.1) is 0 Å². The Kier molecular flexibility index (Phi) is 4.98. The second-order valence-corrected chi connectivity index (χ2v) is 5.60. The van der Waals surface area contributed by atoms with E-state index in [0.717, 1.165) is 18.5 Å². The van der Waals surface area contributed by atoms with Crippen LogP contribution in [0, 0.1) is 0 Å². The van der Waals surface area contributed by atoms with Crippen molar-refractivity contribution in [3.8, 4) is 0 Å². The summed E-state index contributed by atoms with van der Waals surface area (Å²) >= 11 is 0. The summed E-state index contributed by atoms with van der Waals surface area (Å²) in [6, 6.07) is 1.12. The van der Waals surface area contributed by atoms with E-state index >= 15 is 0 Å². The van der Waals surface area contributed by atoms with Gasteiger partial charge < -0.3 is 10.2 Å². The van der Waals surface area contributed by atoms with E-state index in [1.54, 1.807) is 9.58 Å². The molecule has 21 heavy (non-hydrogen) atoms. The molecule has 0 bridgehead atoms. The third-order valence-electron chi connectivity index (χ3n) is 3.82. The van der Waals surface area contributed by atoms with Crippen LogP contribution in [0.5, 0.6) is 0 Å². The number of nitrogens with zero attached hydrogens (tertiary/aromatic N) is 3. The van der Waals surface area contributed by atoms with Crippen LogP contribution in [0.1, 0.15) is 45.2 Å². The number of carbonyl (C=O) groups is 2. The van der Waals surface area contributed by atoms with E-state index in [1.165, 1.54) is 0 Å². The summed E-state index contributed by atoms with van der Waals surface area (Å²) in [5, 5.41) is 7.19. The first-order chi connectivity index (χ1) is 10.1. The van der Waals surface area contributed by atoms with Crippen LogP contribution in [-0.2, 0) is 23.2 Å². The summed E-state index contributed by atoms with van der Waals surface area (Å²) in [6.07, 6.45) is 4.95. The fourth-order valence-electron chi connectivity index (χ4n) is 2.78. The van der Waals surface area contributed by atoms with Gasteiger partial charge in [-0.25, -0.2) is 0 Å². The predicted octanol–water partition coefficient (Wildman–Crippen LogP) is 1.22. The lowest BCUT2D eigenvalue weighted by Gasteiger charge is -2.38. The van der Waals surface area contributed by atoms with Crippen LogP contribution in [0.15, 0.2) is 12.3 Å². The molecule has 1 aliphatic heterocycles. The quantitative estimate of drug-likeness (QED) is 0.857. The Morgan fingerprint density at radius 3 is 2.52 bits per heavy atom. The van der Waals surface area contributed by atoms with Gasteiger partial charge in [0.1, 0.15) is 12.1 Å². The maximum atomic E-state index is 12.6. The van der Waals surface area contributed by atoms with Gasteiger partial charge in [-0.2, -0.15) is 5.10 Å². The van der Waals surface area contributed by atoms with E-state index in [1.807, 2.05) is 33.2 Å². The molecular formula is C15H24N4O2. The lowest BCUT2D eigenvalue weighted by molar-refractivity contribution is -0.150. The van der Waals surface area contributed by atoms with Crippen molar-refractivity contribution in [2.24, 2.45) is 7.05 Å². The number of aryl methyl sites for hydroxylation is 1. The minimum Gasteiger partial charge on any atom is -0.343 e. The zero-order chi connectivity index (χ0) is 15.4. The van der Waals surface area contributed by atoms with Gasteiger partial charge >= 0.3 is 0 Å². The molecule has 6 nitrogen and oxygen atoms in total. The van der Waals surface area contributed by atoms with Crippen molar-refractivity contribution in [2.75, 3.05) is 0 Å². The largest absolute Gasteiger partial charge is 0.343 e. The lowest BCUT2D eigenvalue weighted by atomic mass is 10.0. The van der Waals surface area contributed by atoms with Gasteiger partial charge in [-0.1, -0.05) is 26.7 Å². The molecule has 2 amide bonds. The topological polar surface area (TPSA) is 67.2 Å². The molecule has 2 atom stereocenters. The van der Waals surface area contributed by atoms with Gasteiger partial charge in [-0.3, -0.25) is 14.3 Å². The number of piperazine rings is 1. The molecule has 116 valence electrons. The number of amides is 2. The van der Waals surface area contributed by atoms with Crippen LogP contribution in [0.3, 0.4) is 0 Å². The monoisotopic (exact) mass is 292 g/mol. The van der Waals surface area contributed by atoms with Crippen molar-refractivity contribution >= 4 is 11.8 Å². The third kappa shape index (κ3) is 3.43. The van der Waals surface area contributed by atoms with Crippen molar-refractivity contribution in [3.63, 3.8) is 0 Å². The third-order valence-corrected chi connectivity index (χ3v) is 3.82. The highest BCUT2D eigenvalue weighted by Gasteiger charge is 2.39. The molecule has 6 heteroatoms. The SMILES string of the molecule is CCCC1NC(=O)C(CCC)N(Cc2ccn(C)n2)C1=O. The van der Waals surface area contributed by atoms with Crippen LogP contribution in [0.4, 0.5) is 0 Å². The van der Waals surface area contributed by atoms with E-state index in [4.69, 9.17) is 0 Å². The minimum atomic E-state index is -0.390. The maximum absolute atomic E-state index is 12.6. The van der Waals surface area contributed by atoms with E-state index in [9.17, 15) is 9.59 Å². The normalized spacial score (nSPS) is 22.5. The molecule has 2 heterocycles. The molecule has 1 aromatic rings. The average molecular weight is 292 g/mol. The standard InChI is InChI=1S/C15H24N4O2/c1-4-6-12-15(21)19(10-11-8-9-18(3)17-11)13(7-5-2)14(20)16-12/h8-9,12-13H,4-7,10H2,1-3H3,(H,16,20). The van der Waals surface area contributed by atoms with E-state index < -0.39 is 0 Å². The number of carbonyl (C=O) groups excluding carboxylic acids is 2. The highest BCUT2D eigenvalue weighted by atomic mass is 16.2. The molecular weight excluding hydrogens is 268 g/mol. The Morgan fingerprint density at radius 1 is 1.24 bits per heavy atom. The fraction of sp³-hybridized carbons (Fsp3) is 0.667. The number of rotatable bonds is 6. The molecule has 2 unspecified atom stereocenters. The van der Waals surface area contributed by atoms with Gasteiger partial charge in [0.2, 0.25) is 11.8 Å². The van der Waals surface area contributed by atoms with Crippen LogP contribution >= 0.6 is 0 Å². The summed E-state index contributed by atoms with van der Waals surface area (Å²) in [6.45, 7) is 4.44. The minimum absolute atomic E-state index is 0.0144. The number of nitrogens with one attached hydrogen (secondary N) is 1. The van der Waals surface area contributed by atoms with Crippen LogP contribution in [0.2, 0.25) is 0 Å². The Balaban J connectivity index is 2.20. The Morgan fingerprint density at radius 2 is 1.95 bits per heavy atom. The highest BCUT2D eigenvalue weighted by Crippen LogP contribution is 2.19. The van der Waals surface area contributed by atoms with Crippen LogP contribution in [0.25, 0.3) is 0 Å². The van der Waals surface area contributed by atoms with Crippen molar-refractivity contribution in [1.82, 2.24) is 20.0 Å². The Hall–Kier alpha value is -1.85. The van der Waals surface area contributed by atoms with Crippen LogP contribution in [-0.4, -0.2) is 38.6 Å². The van der Waals surface area contributed by atoms with Crippen molar-refractivity contribution in [3.05, 3.63) is 18.0 Å². The zero-order valence-corrected chi connectivity index (χ0v) is 13.0. The molecule has 0 aliphatic carbocycles. The predicted molar refractivity (Wildman–Crippen MR) is 79.3 cm³/mol. The first-order valence-electron chi connectivity index (χ1n) is 7.66. The van der Waals surface area contributed by atoms with Crippen molar-refractivity contribution in [2.45, 2.75) is 58.2 Å². The molecule has 1 aromatic heterocycles. The van der Waals surface area contributed by atoms with Gasteiger partial charge in [0.15, 0.2) is 0 Å². The van der Waals surface area contributed by atoms with E-state index in [2.05, 4.69) is 10.4 Å². The first-order valence-corrected chi connectivity index (χ1v) is 7.66. The number of hydrogen-bond acceptors (Lipinski definition) is 3. The maximum Gasteiger partial charge on any atom is 0.246 e. The highest BCUT2D eigenvalue weighted by molar-refractivity contribution is 5.96.